The number of benzene rings is 2. The number of halogens is 1. The van der Waals surface area contributed by atoms with Gasteiger partial charge in [-0.3, -0.25) is 10.2 Å². The summed E-state index contributed by atoms with van der Waals surface area (Å²) in [6.45, 7) is 1.96. The Hall–Kier alpha value is -3.00. The summed E-state index contributed by atoms with van der Waals surface area (Å²) in [6.07, 6.45) is 0. The van der Waals surface area contributed by atoms with Crippen molar-refractivity contribution in [2.24, 2.45) is 0 Å². The van der Waals surface area contributed by atoms with Gasteiger partial charge in [-0.05, 0) is 42.4 Å². The molecular weight excluding hydrogens is 355 g/mol. The molecule has 1 aliphatic heterocycles. The quantitative estimate of drug-likeness (QED) is 0.567. The van der Waals surface area contributed by atoms with Crippen molar-refractivity contribution in [1.29, 1.82) is 0 Å². The fourth-order valence-corrected chi connectivity index (χ4v) is 2.80. The van der Waals surface area contributed by atoms with Crippen molar-refractivity contribution in [3.05, 3.63) is 71.5 Å². The number of hydrazine groups is 1. The monoisotopic (exact) mass is 372 g/mol. The van der Waals surface area contributed by atoms with Crippen LogP contribution in [0.1, 0.15) is 18.1 Å². The molecule has 26 heavy (non-hydrogen) atoms. The Kier molecular flexibility index (Phi) is 4.85. The predicted octanol–water partition coefficient (Wildman–Crippen LogP) is 2.17. The van der Waals surface area contributed by atoms with Crippen molar-refractivity contribution in [2.75, 3.05) is 0 Å². The second-order valence-electron chi connectivity index (χ2n) is 5.98. The number of hydrogen-bond acceptors (Lipinski definition) is 3. The van der Waals surface area contributed by atoms with Crippen molar-refractivity contribution >= 4 is 29.3 Å². The van der Waals surface area contributed by atoms with Crippen LogP contribution in [0.2, 0.25) is 0 Å². The molecule has 3 rings (SSSR count). The van der Waals surface area contributed by atoms with Crippen LogP contribution in [-0.4, -0.2) is 22.1 Å². The Bertz CT molecular complexity index is 844. The minimum absolute atomic E-state index is 0.107. The fourth-order valence-electron chi connectivity index (χ4n) is 2.63. The van der Waals surface area contributed by atoms with Crippen molar-refractivity contribution < 1.29 is 14.0 Å². The number of urea groups is 1. The molecule has 0 aromatic heterocycles. The lowest BCUT2D eigenvalue weighted by Crippen LogP contribution is -2.51. The third kappa shape index (κ3) is 3.50. The number of amides is 3. The van der Waals surface area contributed by atoms with Crippen LogP contribution < -0.4 is 16.1 Å². The Morgan fingerprint density at radius 3 is 2.46 bits per heavy atom. The van der Waals surface area contributed by atoms with Gasteiger partial charge in [0, 0.05) is 6.54 Å². The molecule has 8 heteroatoms. The van der Waals surface area contributed by atoms with E-state index in [0.717, 1.165) is 10.6 Å². The van der Waals surface area contributed by atoms with Gasteiger partial charge in [0.05, 0.1) is 0 Å². The first-order chi connectivity index (χ1) is 12.4. The maximum absolute atomic E-state index is 12.9. The Balaban J connectivity index is 1.64. The molecule has 0 unspecified atom stereocenters. The number of imide groups is 1. The van der Waals surface area contributed by atoms with Crippen LogP contribution in [0.15, 0.2) is 54.6 Å². The third-order valence-electron chi connectivity index (χ3n) is 4.12. The minimum atomic E-state index is -1.17. The van der Waals surface area contributed by atoms with Gasteiger partial charge in [0.2, 0.25) is 0 Å². The van der Waals surface area contributed by atoms with E-state index in [2.05, 4.69) is 16.1 Å². The van der Waals surface area contributed by atoms with Crippen LogP contribution in [0, 0.1) is 5.82 Å². The van der Waals surface area contributed by atoms with E-state index >= 15 is 0 Å². The van der Waals surface area contributed by atoms with Crippen molar-refractivity contribution in [3.63, 3.8) is 0 Å². The summed E-state index contributed by atoms with van der Waals surface area (Å²) < 4.78 is 12.9. The Morgan fingerprint density at radius 2 is 1.81 bits per heavy atom. The minimum Gasteiger partial charge on any atom is -0.357 e. The normalized spacial score (nSPS) is 19.2. The van der Waals surface area contributed by atoms with Gasteiger partial charge in [-0.15, -0.1) is 0 Å². The molecule has 6 nitrogen and oxygen atoms in total. The maximum Gasteiger partial charge on any atom is 0.344 e. The summed E-state index contributed by atoms with van der Waals surface area (Å²) >= 11 is 5.14. The summed E-state index contributed by atoms with van der Waals surface area (Å²) in [6, 6.07) is 14.3. The van der Waals surface area contributed by atoms with Crippen LogP contribution in [0.4, 0.5) is 9.18 Å². The first-order valence-electron chi connectivity index (χ1n) is 7.91. The molecule has 0 aliphatic carbocycles. The van der Waals surface area contributed by atoms with E-state index in [9.17, 15) is 14.0 Å². The number of hydrogen-bond donors (Lipinski definition) is 3. The lowest BCUT2D eigenvalue weighted by atomic mass is 9.92. The Labute approximate surface area is 155 Å². The highest BCUT2D eigenvalue weighted by Crippen LogP contribution is 2.27. The highest BCUT2D eigenvalue weighted by Gasteiger charge is 2.49. The number of carbonyl (C=O) groups excluding carboxylic acids is 2. The molecule has 1 atom stereocenters. The van der Waals surface area contributed by atoms with E-state index in [1.807, 2.05) is 6.07 Å². The standard InChI is InChI=1S/C18H17FN4O2S/c1-18(13-5-3-2-4-6-13)15(24)23(17(25)21-18)22-16(26)20-11-12-7-9-14(19)10-8-12/h2-10H,11H2,1H3,(H,21,25)(H2,20,22,26)/t18-/m1/s1. The summed E-state index contributed by atoms with van der Waals surface area (Å²) in [4.78, 5) is 25.0. The van der Waals surface area contributed by atoms with E-state index in [1.165, 1.54) is 12.1 Å². The topological polar surface area (TPSA) is 73.5 Å². The first kappa shape index (κ1) is 17.8. The number of nitrogens with zero attached hydrogens (tertiary/aromatic N) is 1. The predicted molar refractivity (Wildman–Crippen MR) is 98.1 cm³/mol. The van der Waals surface area contributed by atoms with Crippen molar-refractivity contribution in [1.82, 2.24) is 21.1 Å². The summed E-state index contributed by atoms with van der Waals surface area (Å²) in [5.41, 5.74) is 2.92. The first-order valence-corrected chi connectivity index (χ1v) is 8.32. The average molecular weight is 372 g/mol. The van der Waals surface area contributed by atoms with E-state index in [0.29, 0.717) is 12.1 Å². The fraction of sp³-hybridized carbons (Fsp3) is 0.167. The van der Waals surface area contributed by atoms with Crippen LogP contribution in [0.3, 0.4) is 0 Å². The number of thiocarbonyl (C=S) groups is 1. The van der Waals surface area contributed by atoms with Gasteiger partial charge in [0.15, 0.2) is 5.11 Å². The maximum atomic E-state index is 12.9. The molecule has 0 saturated carbocycles. The smallest absolute Gasteiger partial charge is 0.344 e. The highest BCUT2D eigenvalue weighted by atomic mass is 32.1. The molecule has 0 radical (unpaired) electrons. The van der Waals surface area contributed by atoms with Crippen LogP contribution in [-0.2, 0) is 16.9 Å². The molecule has 2 aromatic carbocycles. The van der Waals surface area contributed by atoms with E-state index in [1.54, 1.807) is 43.3 Å². The molecule has 3 amide bonds. The van der Waals surface area contributed by atoms with Crippen molar-refractivity contribution in [3.8, 4) is 0 Å². The highest BCUT2D eigenvalue weighted by molar-refractivity contribution is 7.80. The molecule has 1 heterocycles. The van der Waals surface area contributed by atoms with Gasteiger partial charge in [0.25, 0.3) is 5.91 Å². The van der Waals surface area contributed by atoms with E-state index in [-0.39, 0.29) is 10.9 Å². The van der Waals surface area contributed by atoms with Gasteiger partial charge in [-0.25, -0.2) is 9.18 Å². The molecule has 0 spiro atoms. The number of rotatable bonds is 4. The second kappa shape index (κ2) is 7.09. The number of nitrogens with one attached hydrogen (secondary N) is 3. The molecule has 3 N–H and O–H groups in total. The molecule has 2 aromatic rings. The zero-order valence-electron chi connectivity index (χ0n) is 14.0. The summed E-state index contributed by atoms with van der Waals surface area (Å²) in [5, 5.41) is 6.52. The van der Waals surface area contributed by atoms with E-state index in [4.69, 9.17) is 12.2 Å². The van der Waals surface area contributed by atoms with Crippen LogP contribution in [0.5, 0.6) is 0 Å². The molecule has 1 saturated heterocycles. The van der Waals surface area contributed by atoms with Gasteiger partial charge in [-0.1, -0.05) is 42.5 Å². The average Bonchev–Trinajstić information content (AvgIpc) is 2.86. The molecule has 0 bridgehead atoms. The van der Waals surface area contributed by atoms with Gasteiger partial charge in [-0.2, -0.15) is 5.01 Å². The zero-order valence-corrected chi connectivity index (χ0v) is 14.8. The third-order valence-corrected chi connectivity index (χ3v) is 4.36. The van der Waals surface area contributed by atoms with Crippen LogP contribution in [0.25, 0.3) is 0 Å². The lowest BCUT2D eigenvalue weighted by Gasteiger charge is -2.22. The van der Waals surface area contributed by atoms with Crippen LogP contribution >= 0.6 is 12.2 Å². The van der Waals surface area contributed by atoms with Crippen molar-refractivity contribution in [2.45, 2.75) is 19.0 Å². The molecule has 1 fully saturated rings. The molecule has 134 valence electrons. The molecular formula is C18H17FN4O2S. The summed E-state index contributed by atoms with van der Waals surface area (Å²) in [5.74, 6) is -0.784. The van der Waals surface area contributed by atoms with Gasteiger partial charge in [0.1, 0.15) is 11.4 Å². The zero-order chi connectivity index (χ0) is 18.7. The molecule has 1 aliphatic rings. The Morgan fingerprint density at radius 1 is 1.15 bits per heavy atom. The van der Waals surface area contributed by atoms with E-state index < -0.39 is 17.5 Å². The number of carbonyl (C=O) groups is 2. The lowest BCUT2D eigenvalue weighted by molar-refractivity contribution is -0.132. The van der Waals surface area contributed by atoms with Gasteiger partial charge < -0.3 is 10.6 Å². The largest absolute Gasteiger partial charge is 0.357 e. The van der Waals surface area contributed by atoms with Gasteiger partial charge >= 0.3 is 6.03 Å². The SMILES string of the molecule is C[C@]1(c2ccccc2)NC(=O)N(NC(=S)NCc2ccc(F)cc2)C1=O. The second-order valence-corrected chi connectivity index (χ2v) is 6.39. The summed E-state index contributed by atoms with van der Waals surface area (Å²) in [7, 11) is 0.